The number of ether oxygens (including phenoxy) is 1. The predicted molar refractivity (Wildman–Crippen MR) is 102 cm³/mol. The van der Waals surface area contributed by atoms with Gasteiger partial charge in [-0.2, -0.15) is 0 Å². The van der Waals surface area contributed by atoms with Crippen LogP contribution in [0.15, 0.2) is 54.7 Å². The van der Waals surface area contributed by atoms with E-state index in [1.54, 1.807) is 55.5 Å². The highest BCUT2D eigenvalue weighted by atomic mass is 35.5. The van der Waals surface area contributed by atoms with Crippen molar-refractivity contribution >= 4 is 35.0 Å². The number of ketones is 1. The van der Waals surface area contributed by atoms with Crippen LogP contribution in [0.5, 0.6) is 0 Å². The molecule has 3 aromatic rings. The van der Waals surface area contributed by atoms with Gasteiger partial charge in [0, 0.05) is 27.4 Å². The second-order valence-corrected chi connectivity index (χ2v) is 6.39. The number of carbonyl (C=O) groups is 2. The molecular formula is C20H15Cl2NO3. The molecule has 0 atom stereocenters. The Balaban J connectivity index is 2.13. The summed E-state index contributed by atoms with van der Waals surface area (Å²) >= 11 is 11.9. The summed E-state index contributed by atoms with van der Waals surface area (Å²) in [6.07, 6.45) is 1.49. The number of esters is 1. The maximum atomic E-state index is 13.0. The number of carbonyl (C=O) groups excluding carboxylic acids is 2. The van der Waals surface area contributed by atoms with Gasteiger partial charge in [0.15, 0.2) is 0 Å². The molecule has 0 radical (unpaired) electrons. The molecule has 26 heavy (non-hydrogen) atoms. The van der Waals surface area contributed by atoms with Crippen LogP contribution in [-0.2, 0) is 4.74 Å². The lowest BCUT2D eigenvalue weighted by atomic mass is 9.97. The molecule has 0 aliphatic carbocycles. The molecule has 3 rings (SSSR count). The maximum absolute atomic E-state index is 13.0. The van der Waals surface area contributed by atoms with Crippen LogP contribution in [0.25, 0.3) is 11.1 Å². The Bertz CT molecular complexity index is 944. The number of aromatic amines is 1. The highest BCUT2D eigenvalue weighted by Crippen LogP contribution is 2.31. The minimum absolute atomic E-state index is 0.241. The van der Waals surface area contributed by atoms with Gasteiger partial charge in [0.1, 0.15) is 0 Å². The van der Waals surface area contributed by atoms with Crippen molar-refractivity contribution in [2.24, 2.45) is 0 Å². The van der Waals surface area contributed by atoms with E-state index in [1.165, 1.54) is 6.20 Å². The molecule has 0 amide bonds. The van der Waals surface area contributed by atoms with E-state index >= 15 is 0 Å². The zero-order chi connectivity index (χ0) is 18.7. The van der Waals surface area contributed by atoms with Crippen LogP contribution >= 0.6 is 23.2 Å². The average molecular weight is 388 g/mol. The summed E-state index contributed by atoms with van der Waals surface area (Å²) in [5, 5.41) is 1.10. The Hall–Kier alpha value is -2.56. The molecule has 4 nitrogen and oxygen atoms in total. The number of hydrogen-bond donors (Lipinski definition) is 1. The normalized spacial score (nSPS) is 10.6. The molecule has 0 aliphatic rings. The largest absolute Gasteiger partial charge is 0.462 e. The van der Waals surface area contributed by atoms with Gasteiger partial charge in [0.25, 0.3) is 0 Å². The van der Waals surface area contributed by atoms with Crippen molar-refractivity contribution in [1.29, 1.82) is 0 Å². The molecule has 0 saturated carbocycles. The van der Waals surface area contributed by atoms with E-state index in [9.17, 15) is 9.59 Å². The topological polar surface area (TPSA) is 59.2 Å². The van der Waals surface area contributed by atoms with Crippen molar-refractivity contribution in [3.8, 4) is 11.1 Å². The summed E-state index contributed by atoms with van der Waals surface area (Å²) in [6, 6.07) is 13.5. The van der Waals surface area contributed by atoms with Gasteiger partial charge in [0.2, 0.25) is 5.78 Å². The van der Waals surface area contributed by atoms with Crippen LogP contribution in [0.4, 0.5) is 0 Å². The summed E-state index contributed by atoms with van der Waals surface area (Å²) in [4.78, 5) is 28.2. The minimum atomic E-state index is -0.496. The third-order valence-electron chi connectivity index (χ3n) is 3.84. The summed E-state index contributed by atoms with van der Waals surface area (Å²) in [7, 11) is 0. The number of nitrogens with one attached hydrogen (secondary N) is 1. The molecule has 0 bridgehead atoms. The second-order valence-electron chi connectivity index (χ2n) is 5.52. The highest BCUT2D eigenvalue weighted by molar-refractivity contribution is 6.31. The lowest BCUT2D eigenvalue weighted by Gasteiger charge is -2.08. The first-order chi connectivity index (χ1) is 12.5. The van der Waals surface area contributed by atoms with Crippen LogP contribution in [0.3, 0.4) is 0 Å². The molecule has 6 heteroatoms. The van der Waals surface area contributed by atoms with Gasteiger partial charge < -0.3 is 9.72 Å². The Morgan fingerprint density at radius 2 is 1.54 bits per heavy atom. The number of benzene rings is 2. The smallest absolute Gasteiger partial charge is 0.340 e. The minimum Gasteiger partial charge on any atom is -0.462 e. The number of rotatable bonds is 5. The molecule has 0 fully saturated rings. The van der Waals surface area contributed by atoms with Crippen molar-refractivity contribution < 1.29 is 14.3 Å². The molecular weight excluding hydrogens is 373 g/mol. The van der Waals surface area contributed by atoms with E-state index in [0.717, 1.165) is 0 Å². The van der Waals surface area contributed by atoms with Crippen LogP contribution < -0.4 is 0 Å². The fourth-order valence-corrected chi connectivity index (χ4v) is 2.89. The fourth-order valence-electron chi connectivity index (χ4n) is 2.63. The fraction of sp³-hybridized carbons (Fsp3) is 0.100. The molecule has 2 aromatic carbocycles. The SMILES string of the molecule is CCOC(=O)c1c[nH]c(C(=O)c2ccc(Cl)cc2)c1-c1ccc(Cl)cc1. The van der Waals surface area contributed by atoms with Gasteiger partial charge in [-0.3, -0.25) is 4.79 Å². The van der Waals surface area contributed by atoms with Crippen molar-refractivity contribution in [1.82, 2.24) is 4.98 Å². The predicted octanol–water partition coefficient (Wildman–Crippen LogP) is 5.40. The number of hydrogen-bond acceptors (Lipinski definition) is 3. The van der Waals surface area contributed by atoms with E-state index < -0.39 is 5.97 Å². The second kappa shape index (κ2) is 7.77. The molecule has 1 heterocycles. The Morgan fingerprint density at radius 1 is 0.962 bits per heavy atom. The lowest BCUT2D eigenvalue weighted by Crippen LogP contribution is -2.07. The third-order valence-corrected chi connectivity index (χ3v) is 4.35. The van der Waals surface area contributed by atoms with Crippen LogP contribution in [0, 0.1) is 0 Å². The summed E-state index contributed by atoms with van der Waals surface area (Å²) in [5.41, 5.74) is 2.24. The van der Waals surface area contributed by atoms with Gasteiger partial charge in [-0.25, -0.2) is 4.79 Å². The Morgan fingerprint density at radius 3 is 2.12 bits per heavy atom. The Labute approximate surface area is 160 Å². The van der Waals surface area contributed by atoms with E-state index in [1.807, 2.05) is 0 Å². The molecule has 1 aromatic heterocycles. The zero-order valence-corrected chi connectivity index (χ0v) is 15.4. The van der Waals surface area contributed by atoms with Crippen molar-refractivity contribution in [2.75, 3.05) is 6.61 Å². The number of H-pyrrole nitrogens is 1. The zero-order valence-electron chi connectivity index (χ0n) is 13.9. The standard InChI is InChI=1S/C20H15Cl2NO3/c1-2-26-20(25)16-11-23-18(17(16)12-3-7-14(21)8-4-12)19(24)13-5-9-15(22)10-6-13/h3-11,23H,2H2,1H3. The van der Waals surface area contributed by atoms with Crippen LogP contribution in [0.2, 0.25) is 10.0 Å². The summed E-state index contributed by atoms with van der Waals surface area (Å²) in [6.45, 7) is 1.97. The van der Waals surface area contributed by atoms with Gasteiger partial charge in [-0.1, -0.05) is 35.3 Å². The van der Waals surface area contributed by atoms with E-state index in [2.05, 4.69) is 4.98 Å². The van der Waals surface area contributed by atoms with Crippen molar-refractivity contribution in [3.63, 3.8) is 0 Å². The van der Waals surface area contributed by atoms with Gasteiger partial charge in [-0.05, 0) is 48.9 Å². The highest BCUT2D eigenvalue weighted by Gasteiger charge is 2.24. The van der Waals surface area contributed by atoms with E-state index in [-0.39, 0.29) is 12.4 Å². The molecule has 0 aliphatic heterocycles. The average Bonchev–Trinajstić information content (AvgIpc) is 3.08. The lowest BCUT2D eigenvalue weighted by molar-refractivity contribution is 0.0527. The maximum Gasteiger partial charge on any atom is 0.340 e. The third kappa shape index (κ3) is 3.66. The first-order valence-electron chi connectivity index (χ1n) is 7.96. The Kier molecular flexibility index (Phi) is 5.45. The molecule has 0 spiro atoms. The van der Waals surface area contributed by atoms with Crippen molar-refractivity contribution in [3.05, 3.63) is 81.6 Å². The molecule has 132 valence electrons. The monoisotopic (exact) mass is 387 g/mol. The van der Waals surface area contributed by atoms with Crippen LogP contribution in [-0.4, -0.2) is 23.3 Å². The summed E-state index contributed by atoms with van der Waals surface area (Å²) < 4.78 is 5.11. The van der Waals surface area contributed by atoms with Crippen LogP contribution in [0.1, 0.15) is 33.3 Å². The summed E-state index contributed by atoms with van der Waals surface area (Å²) in [5.74, 6) is -0.744. The number of aromatic nitrogens is 1. The van der Waals surface area contributed by atoms with E-state index in [0.29, 0.717) is 38.0 Å². The first-order valence-corrected chi connectivity index (χ1v) is 8.71. The molecule has 0 unspecified atom stereocenters. The quantitative estimate of drug-likeness (QED) is 0.471. The van der Waals surface area contributed by atoms with Gasteiger partial charge in [-0.15, -0.1) is 0 Å². The van der Waals surface area contributed by atoms with Crippen molar-refractivity contribution in [2.45, 2.75) is 6.92 Å². The molecule has 1 N–H and O–H groups in total. The van der Waals surface area contributed by atoms with Gasteiger partial charge >= 0.3 is 5.97 Å². The molecule has 0 saturated heterocycles. The number of halogens is 2. The first kappa shape index (κ1) is 18.2. The van der Waals surface area contributed by atoms with E-state index in [4.69, 9.17) is 27.9 Å². The van der Waals surface area contributed by atoms with Gasteiger partial charge in [0.05, 0.1) is 17.9 Å².